The highest BCUT2D eigenvalue weighted by Gasteiger charge is 2.29. The number of carbonyl (C=O) groups excluding carboxylic acids is 2. The van der Waals surface area contributed by atoms with Gasteiger partial charge in [0.2, 0.25) is 5.91 Å². The van der Waals surface area contributed by atoms with E-state index in [2.05, 4.69) is 10.6 Å². The van der Waals surface area contributed by atoms with Crippen LogP contribution in [-0.4, -0.2) is 53.6 Å². The molecule has 2 rings (SSSR count). The van der Waals surface area contributed by atoms with Gasteiger partial charge in [0.25, 0.3) is 0 Å². The fraction of sp³-hybridized carbons (Fsp3) is 0.750. The maximum atomic E-state index is 12.0. The van der Waals surface area contributed by atoms with Crippen LogP contribution >= 0.6 is 0 Å². The van der Waals surface area contributed by atoms with Crippen LogP contribution in [0.15, 0.2) is 0 Å². The van der Waals surface area contributed by atoms with Gasteiger partial charge in [-0.05, 0) is 25.2 Å². The Labute approximate surface area is 111 Å². The van der Waals surface area contributed by atoms with E-state index in [1.54, 1.807) is 0 Å². The molecule has 1 aliphatic carbocycles. The second-order valence-electron chi connectivity index (χ2n) is 5.21. The number of aliphatic carboxylic acids is 1. The molecule has 0 aromatic carbocycles. The number of carboxylic acids is 1. The smallest absolute Gasteiger partial charge is 0.323 e. The van der Waals surface area contributed by atoms with Crippen molar-refractivity contribution in [2.24, 2.45) is 5.92 Å². The summed E-state index contributed by atoms with van der Waals surface area (Å²) in [7, 11) is 0. The second-order valence-corrected chi connectivity index (χ2v) is 5.21. The summed E-state index contributed by atoms with van der Waals surface area (Å²) in [5.74, 6) is -0.574. The molecule has 1 saturated carbocycles. The van der Waals surface area contributed by atoms with E-state index >= 15 is 0 Å². The quantitative estimate of drug-likeness (QED) is 0.642. The Balaban J connectivity index is 1.83. The van der Waals surface area contributed by atoms with Gasteiger partial charge >= 0.3 is 12.0 Å². The summed E-state index contributed by atoms with van der Waals surface area (Å²) in [6.45, 7) is 0.632. The lowest BCUT2D eigenvalue weighted by Gasteiger charge is -2.27. The molecule has 0 spiro atoms. The monoisotopic (exact) mass is 269 g/mol. The second kappa shape index (κ2) is 5.90. The number of nitrogens with one attached hydrogen (secondary N) is 2. The molecular formula is C12H19N3O4. The van der Waals surface area contributed by atoms with Gasteiger partial charge in [-0.1, -0.05) is 0 Å². The molecule has 2 fully saturated rings. The van der Waals surface area contributed by atoms with E-state index in [0.29, 0.717) is 31.8 Å². The zero-order valence-corrected chi connectivity index (χ0v) is 10.7. The lowest BCUT2D eigenvalue weighted by Crippen LogP contribution is -2.52. The van der Waals surface area contributed by atoms with Crippen molar-refractivity contribution in [2.75, 3.05) is 19.6 Å². The van der Waals surface area contributed by atoms with Crippen molar-refractivity contribution in [1.82, 2.24) is 15.5 Å². The normalized spacial score (nSPS) is 22.5. The molecule has 1 unspecified atom stereocenters. The predicted molar refractivity (Wildman–Crippen MR) is 66.5 cm³/mol. The first kappa shape index (κ1) is 13.6. The Morgan fingerprint density at radius 3 is 2.63 bits per heavy atom. The Hall–Kier alpha value is -1.79. The first-order chi connectivity index (χ1) is 9.04. The van der Waals surface area contributed by atoms with Crippen molar-refractivity contribution in [3.8, 4) is 0 Å². The highest BCUT2D eigenvalue weighted by Crippen LogP contribution is 2.29. The summed E-state index contributed by atoms with van der Waals surface area (Å²) >= 11 is 0. The molecule has 7 heteroatoms. The first-order valence-corrected chi connectivity index (χ1v) is 6.58. The van der Waals surface area contributed by atoms with Gasteiger partial charge in [0.15, 0.2) is 0 Å². The number of nitrogens with zero attached hydrogens (tertiary/aromatic N) is 1. The number of amides is 3. The number of carboxylic acid groups (broad SMARTS) is 1. The molecule has 0 radical (unpaired) electrons. The molecular weight excluding hydrogens is 250 g/mol. The van der Waals surface area contributed by atoms with Gasteiger partial charge in [0.1, 0.15) is 6.54 Å². The molecule has 1 saturated heterocycles. The van der Waals surface area contributed by atoms with Crippen LogP contribution in [-0.2, 0) is 9.59 Å². The van der Waals surface area contributed by atoms with Crippen LogP contribution in [0.3, 0.4) is 0 Å². The maximum absolute atomic E-state index is 12.0. The van der Waals surface area contributed by atoms with E-state index in [1.807, 2.05) is 0 Å². The molecule has 7 nitrogen and oxygen atoms in total. The Morgan fingerprint density at radius 2 is 2.11 bits per heavy atom. The zero-order chi connectivity index (χ0) is 13.8. The zero-order valence-electron chi connectivity index (χ0n) is 10.7. The predicted octanol–water partition coefficient (Wildman–Crippen LogP) is -0.229. The van der Waals surface area contributed by atoms with Crippen LogP contribution in [0, 0.1) is 5.92 Å². The highest BCUT2D eigenvalue weighted by atomic mass is 16.4. The van der Waals surface area contributed by atoms with E-state index in [4.69, 9.17) is 5.11 Å². The van der Waals surface area contributed by atoms with Gasteiger partial charge < -0.3 is 20.6 Å². The molecule has 0 bridgehead atoms. The van der Waals surface area contributed by atoms with Crippen molar-refractivity contribution in [3.63, 3.8) is 0 Å². The van der Waals surface area contributed by atoms with Crippen molar-refractivity contribution in [2.45, 2.75) is 31.7 Å². The minimum absolute atomic E-state index is 0.00845. The molecule has 1 atom stereocenters. The maximum Gasteiger partial charge on any atom is 0.323 e. The summed E-state index contributed by atoms with van der Waals surface area (Å²) in [6.07, 6.45) is 3.11. The molecule has 0 aromatic rings. The molecule has 106 valence electrons. The van der Waals surface area contributed by atoms with Gasteiger partial charge in [-0.15, -0.1) is 0 Å². The lowest BCUT2D eigenvalue weighted by molar-refractivity contribution is -0.137. The third-order valence-electron chi connectivity index (χ3n) is 3.38. The Morgan fingerprint density at radius 1 is 1.37 bits per heavy atom. The van der Waals surface area contributed by atoms with E-state index in [9.17, 15) is 14.4 Å². The van der Waals surface area contributed by atoms with Gasteiger partial charge in [0.05, 0.1) is 0 Å². The number of rotatable bonds is 5. The van der Waals surface area contributed by atoms with Gasteiger partial charge in [0, 0.05) is 25.6 Å². The van der Waals surface area contributed by atoms with Gasteiger partial charge in [-0.3, -0.25) is 9.59 Å². The van der Waals surface area contributed by atoms with Crippen LogP contribution in [0.25, 0.3) is 0 Å². The summed E-state index contributed by atoms with van der Waals surface area (Å²) in [6, 6.07) is -0.462. The standard InChI is InChI=1S/C12H19N3O4/c16-10-4-3-9(5-13-10)14-12(19)15(7-11(17)18)6-8-1-2-8/h8-9H,1-7H2,(H,13,16)(H,14,19)(H,17,18). The minimum atomic E-state index is -1.01. The molecule has 3 amide bonds. The fourth-order valence-electron chi connectivity index (χ4n) is 2.12. The first-order valence-electron chi connectivity index (χ1n) is 6.58. The molecule has 0 aromatic heterocycles. The number of urea groups is 1. The summed E-state index contributed by atoms with van der Waals surface area (Å²) in [5, 5.41) is 14.3. The molecule has 19 heavy (non-hydrogen) atoms. The highest BCUT2D eigenvalue weighted by molar-refractivity contribution is 5.81. The van der Waals surface area contributed by atoms with Crippen molar-refractivity contribution in [1.29, 1.82) is 0 Å². The summed E-state index contributed by atoms with van der Waals surface area (Å²) < 4.78 is 0. The molecule has 1 heterocycles. The summed E-state index contributed by atoms with van der Waals surface area (Å²) in [4.78, 5) is 35.2. The average molecular weight is 269 g/mol. The number of piperidine rings is 1. The van der Waals surface area contributed by atoms with Gasteiger partial charge in [-0.25, -0.2) is 4.79 Å². The van der Waals surface area contributed by atoms with Crippen LogP contribution in [0.5, 0.6) is 0 Å². The van der Waals surface area contributed by atoms with Crippen LogP contribution < -0.4 is 10.6 Å². The van der Waals surface area contributed by atoms with E-state index in [-0.39, 0.29) is 24.5 Å². The van der Waals surface area contributed by atoms with Crippen molar-refractivity contribution in [3.05, 3.63) is 0 Å². The van der Waals surface area contributed by atoms with Crippen LogP contribution in [0.2, 0.25) is 0 Å². The average Bonchev–Trinajstić information content (AvgIpc) is 3.14. The third-order valence-corrected chi connectivity index (χ3v) is 3.38. The topological polar surface area (TPSA) is 98.7 Å². The van der Waals surface area contributed by atoms with Crippen molar-refractivity contribution >= 4 is 17.9 Å². The largest absolute Gasteiger partial charge is 0.480 e. The summed E-state index contributed by atoms with van der Waals surface area (Å²) in [5.41, 5.74) is 0. The Bertz CT molecular complexity index is 371. The third kappa shape index (κ3) is 4.42. The number of hydrogen-bond donors (Lipinski definition) is 3. The molecule has 1 aliphatic heterocycles. The molecule has 2 aliphatic rings. The SMILES string of the molecule is O=C(O)CN(CC1CC1)C(=O)NC1CCC(=O)NC1. The fourth-order valence-corrected chi connectivity index (χ4v) is 2.12. The van der Waals surface area contributed by atoms with E-state index in [1.165, 1.54) is 4.90 Å². The van der Waals surface area contributed by atoms with E-state index < -0.39 is 5.97 Å². The van der Waals surface area contributed by atoms with Crippen LogP contribution in [0.1, 0.15) is 25.7 Å². The van der Waals surface area contributed by atoms with E-state index in [0.717, 1.165) is 12.8 Å². The number of carbonyl (C=O) groups is 3. The minimum Gasteiger partial charge on any atom is -0.480 e. The van der Waals surface area contributed by atoms with Crippen molar-refractivity contribution < 1.29 is 19.5 Å². The molecule has 3 N–H and O–H groups in total. The lowest BCUT2D eigenvalue weighted by atomic mass is 10.1. The van der Waals surface area contributed by atoms with Crippen LogP contribution in [0.4, 0.5) is 4.79 Å². The van der Waals surface area contributed by atoms with Gasteiger partial charge in [-0.2, -0.15) is 0 Å². The Kier molecular flexibility index (Phi) is 4.24. The number of hydrogen-bond acceptors (Lipinski definition) is 3.